The summed E-state index contributed by atoms with van der Waals surface area (Å²) in [7, 11) is 0. The number of carbonyl (C=O) groups is 1. The first-order valence-corrected chi connectivity index (χ1v) is 6.54. The third-order valence-corrected chi connectivity index (χ3v) is 3.33. The number of ether oxygens (including phenoxy) is 1. The third kappa shape index (κ3) is 2.58. The van der Waals surface area contributed by atoms with Crippen molar-refractivity contribution in [3.63, 3.8) is 0 Å². The second-order valence-electron chi connectivity index (χ2n) is 4.77. The van der Waals surface area contributed by atoms with Crippen LogP contribution < -0.4 is 4.74 Å². The van der Waals surface area contributed by atoms with Gasteiger partial charge in [-0.25, -0.2) is 4.79 Å². The van der Waals surface area contributed by atoms with Gasteiger partial charge in [0, 0.05) is 5.69 Å². The molecule has 0 aliphatic carbocycles. The van der Waals surface area contributed by atoms with E-state index < -0.39 is 5.97 Å². The molecule has 3 aromatic rings. The number of hydrogen-bond acceptors (Lipinski definition) is 3. The highest BCUT2D eigenvalue weighted by Crippen LogP contribution is 2.22. The molecule has 0 aliphatic rings. The van der Waals surface area contributed by atoms with E-state index in [0.717, 1.165) is 10.8 Å². The fourth-order valence-corrected chi connectivity index (χ4v) is 2.28. The maximum atomic E-state index is 11.2. The number of fused-ring (bicyclic) bond motifs is 1. The number of benzene rings is 2. The second-order valence-corrected chi connectivity index (χ2v) is 4.77. The van der Waals surface area contributed by atoms with Gasteiger partial charge in [-0.05, 0) is 29.8 Å². The van der Waals surface area contributed by atoms with Crippen LogP contribution >= 0.6 is 0 Å². The van der Waals surface area contributed by atoms with Gasteiger partial charge in [0.2, 0.25) is 0 Å². The first-order chi connectivity index (χ1) is 10.1. The zero-order chi connectivity index (χ0) is 14.8. The first kappa shape index (κ1) is 13.2. The van der Waals surface area contributed by atoms with Crippen molar-refractivity contribution < 1.29 is 14.6 Å². The SMILES string of the molecule is Cc1[nH]nc(COc2ccc3ccccc3c2)c1C(=O)O. The summed E-state index contributed by atoms with van der Waals surface area (Å²) in [6.45, 7) is 1.79. The van der Waals surface area contributed by atoms with Gasteiger partial charge in [0.15, 0.2) is 0 Å². The lowest BCUT2D eigenvalue weighted by atomic mass is 10.1. The topological polar surface area (TPSA) is 75.2 Å². The second kappa shape index (κ2) is 5.28. The highest BCUT2D eigenvalue weighted by Gasteiger charge is 2.17. The van der Waals surface area contributed by atoms with Gasteiger partial charge in [-0.1, -0.05) is 30.3 Å². The van der Waals surface area contributed by atoms with Crippen LogP contribution in [0, 0.1) is 6.92 Å². The molecule has 0 unspecified atom stereocenters. The summed E-state index contributed by atoms with van der Waals surface area (Å²) < 4.78 is 5.66. The van der Waals surface area contributed by atoms with Crippen LogP contribution in [-0.4, -0.2) is 21.3 Å². The number of nitrogens with zero attached hydrogens (tertiary/aromatic N) is 1. The van der Waals surface area contributed by atoms with Crippen LogP contribution in [-0.2, 0) is 6.61 Å². The van der Waals surface area contributed by atoms with E-state index in [-0.39, 0.29) is 12.2 Å². The normalized spacial score (nSPS) is 10.7. The van der Waals surface area contributed by atoms with Crippen LogP contribution in [0.25, 0.3) is 10.8 Å². The predicted octanol–water partition coefficient (Wildman–Crippen LogP) is 3.15. The Morgan fingerprint density at radius 3 is 2.76 bits per heavy atom. The lowest BCUT2D eigenvalue weighted by molar-refractivity contribution is 0.0693. The fraction of sp³-hybridized carbons (Fsp3) is 0.125. The number of carboxylic acid groups (broad SMARTS) is 1. The van der Waals surface area contributed by atoms with E-state index >= 15 is 0 Å². The minimum Gasteiger partial charge on any atom is -0.487 e. The van der Waals surface area contributed by atoms with Gasteiger partial charge in [0.1, 0.15) is 23.6 Å². The third-order valence-electron chi connectivity index (χ3n) is 3.33. The summed E-state index contributed by atoms with van der Waals surface area (Å²) in [5.41, 5.74) is 1.10. The van der Waals surface area contributed by atoms with Crippen LogP contribution in [0.3, 0.4) is 0 Å². The molecule has 0 bridgehead atoms. The minimum atomic E-state index is -1.00. The van der Waals surface area contributed by atoms with Crippen LogP contribution in [0.15, 0.2) is 42.5 Å². The summed E-state index contributed by atoms with van der Waals surface area (Å²) in [5.74, 6) is -0.316. The zero-order valence-corrected chi connectivity index (χ0v) is 11.5. The van der Waals surface area contributed by atoms with E-state index in [2.05, 4.69) is 10.2 Å². The Labute approximate surface area is 121 Å². The monoisotopic (exact) mass is 282 g/mol. The maximum absolute atomic E-state index is 11.2. The Morgan fingerprint density at radius 1 is 1.24 bits per heavy atom. The molecule has 1 aromatic heterocycles. The quantitative estimate of drug-likeness (QED) is 0.770. The summed E-state index contributed by atoms with van der Waals surface area (Å²) in [5, 5.41) is 18.0. The van der Waals surface area contributed by atoms with E-state index in [1.807, 2.05) is 42.5 Å². The molecule has 0 spiro atoms. The zero-order valence-electron chi connectivity index (χ0n) is 11.5. The van der Waals surface area contributed by atoms with Gasteiger partial charge in [-0.2, -0.15) is 5.10 Å². The highest BCUT2D eigenvalue weighted by atomic mass is 16.5. The number of hydrogen-bond donors (Lipinski definition) is 2. The van der Waals surface area contributed by atoms with Crippen molar-refractivity contribution in [2.24, 2.45) is 0 Å². The smallest absolute Gasteiger partial charge is 0.339 e. The van der Waals surface area contributed by atoms with E-state index in [9.17, 15) is 4.79 Å². The Hall–Kier alpha value is -2.82. The number of nitrogens with one attached hydrogen (secondary N) is 1. The molecule has 0 saturated heterocycles. The minimum absolute atomic E-state index is 0.115. The molecule has 21 heavy (non-hydrogen) atoms. The van der Waals surface area contributed by atoms with Crippen molar-refractivity contribution in [3.05, 3.63) is 59.4 Å². The van der Waals surface area contributed by atoms with Gasteiger partial charge < -0.3 is 9.84 Å². The van der Waals surface area contributed by atoms with E-state index in [1.54, 1.807) is 6.92 Å². The van der Waals surface area contributed by atoms with Gasteiger partial charge in [0.05, 0.1) is 0 Å². The molecule has 2 N–H and O–H groups in total. The van der Waals surface area contributed by atoms with Gasteiger partial charge in [-0.3, -0.25) is 5.10 Å². The molecular formula is C16H14N2O3. The number of aromatic nitrogens is 2. The van der Waals surface area contributed by atoms with Gasteiger partial charge in [-0.15, -0.1) is 0 Å². The molecule has 106 valence electrons. The predicted molar refractivity (Wildman–Crippen MR) is 78.6 cm³/mol. The molecule has 0 atom stereocenters. The molecule has 5 nitrogen and oxygen atoms in total. The van der Waals surface area contributed by atoms with Crippen molar-refractivity contribution >= 4 is 16.7 Å². The molecule has 0 radical (unpaired) electrons. The average molecular weight is 282 g/mol. The first-order valence-electron chi connectivity index (χ1n) is 6.54. The fourth-order valence-electron chi connectivity index (χ4n) is 2.28. The molecule has 1 heterocycles. The van der Waals surface area contributed by atoms with Gasteiger partial charge >= 0.3 is 5.97 Å². The van der Waals surface area contributed by atoms with E-state index in [0.29, 0.717) is 17.1 Å². The molecule has 0 aliphatic heterocycles. The lowest BCUT2D eigenvalue weighted by Gasteiger charge is -2.06. The molecule has 0 amide bonds. The summed E-state index contributed by atoms with van der Waals surface area (Å²) in [6, 6.07) is 13.7. The van der Waals surface area contributed by atoms with Crippen molar-refractivity contribution in [1.82, 2.24) is 10.2 Å². The number of aromatic carboxylic acids is 1. The Balaban J connectivity index is 1.82. The number of H-pyrrole nitrogens is 1. The summed E-state index contributed by atoms with van der Waals surface area (Å²) in [6.07, 6.45) is 0. The summed E-state index contributed by atoms with van der Waals surface area (Å²) >= 11 is 0. The lowest BCUT2D eigenvalue weighted by Crippen LogP contribution is -2.05. The molecule has 3 rings (SSSR count). The number of rotatable bonds is 4. The molecule has 0 fully saturated rings. The molecule has 5 heteroatoms. The Bertz CT molecular complexity index is 808. The highest BCUT2D eigenvalue weighted by molar-refractivity contribution is 5.90. The number of aryl methyl sites for hydroxylation is 1. The maximum Gasteiger partial charge on any atom is 0.339 e. The van der Waals surface area contributed by atoms with Crippen LogP contribution in [0.2, 0.25) is 0 Å². The molecule has 0 saturated carbocycles. The van der Waals surface area contributed by atoms with Crippen LogP contribution in [0.1, 0.15) is 21.7 Å². The van der Waals surface area contributed by atoms with Crippen molar-refractivity contribution in [2.75, 3.05) is 0 Å². The van der Waals surface area contributed by atoms with E-state index in [4.69, 9.17) is 9.84 Å². The van der Waals surface area contributed by atoms with Crippen molar-refractivity contribution in [3.8, 4) is 5.75 Å². The molecular weight excluding hydrogens is 268 g/mol. The largest absolute Gasteiger partial charge is 0.487 e. The number of aromatic amines is 1. The van der Waals surface area contributed by atoms with Gasteiger partial charge in [0.25, 0.3) is 0 Å². The Morgan fingerprint density at radius 2 is 2.00 bits per heavy atom. The average Bonchev–Trinajstić information content (AvgIpc) is 2.86. The van der Waals surface area contributed by atoms with Crippen molar-refractivity contribution in [1.29, 1.82) is 0 Å². The summed E-state index contributed by atoms with van der Waals surface area (Å²) in [4.78, 5) is 11.2. The van der Waals surface area contributed by atoms with Crippen LogP contribution in [0.5, 0.6) is 5.75 Å². The van der Waals surface area contributed by atoms with E-state index in [1.165, 1.54) is 0 Å². The molecule has 2 aromatic carbocycles. The van der Waals surface area contributed by atoms with Crippen molar-refractivity contribution in [2.45, 2.75) is 13.5 Å². The Kier molecular flexibility index (Phi) is 3.31. The number of carboxylic acids is 1. The van der Waals surface area contributed by atoms with Crippen LogP contribution in [0.4, 0.5) is 0 Å². The standard InChI is InChI=1S/C16H14N2O3/c1-10-15(16(19)20)14(18-17-10)9-21-13-7-6-11-4-2-3-5-12(11)8-13/h2-8H,9H2,1H3,(H,17,18)(H,19,20).